The van der Waals surface area contributed by atoms with Crippen LogP contribution in [0.5, 0.6) is 0 Å². The van der Waals surface area contributed by atoms with Gasteiger partial charge in [0.05, 0.1) is 24.7 Å². The lowest BCUT2D eigenvalue weighted by Gasteiger charge is -2.25. The van der Waals surface area contributed by atoms with Crippen LogP contribution < -0.4 is 4.90 Å². The highest BCUT2D eigenvalue weighted by Gasteiger charge is 2.17. The molecule has 160 valence electrons. The number of amides is 1. The van der Waals surface area contributed by atoms with E-state index in [-0.39, 0.29) is 18.3 Å². The molecule has 0 aliphatic carbocycles. The summed E-state index contributed by atoms with van der Waals surface area (Å²) < 4.78 is 13.1. The van der Waals surface area contributed by atoms with Gasteiger partial charge in [0.2, 0.25) is 5.91 Å². The second-order valence-corrected chi connectivity index (χ2v) is 7.42. The number of aryl methyl sites for hydroxylation is 1. The number of aromatic nitrogens is 2. The van der Waals surface area contributed by atoms with Gasteiger partial charge in [-0.2, -0.15) is 10.4 Å². The van der Waals surface area contributed by atoms with Gasteiger partial charge >= 0.3 is 0 Å². The summed E-state index contributed by atoms with van der Waals surface area (Å²) in [5, 5.41) is 16.2. The van der Waals surface area contributed by atoms with Crippen LogP contribution >= 0.6 is 0 Å². The van der Waals surface area contributed by atoms with E-state index >= 15 is 0 Å². The van der Waals surface area contributed by atoms with Crippen molar-refractivity contribution in [1.29, 1.82) is 5.26 Å². The van der Waals surface area contributed by atoms with E-state index in [4.69, 9.17) is 5.26 Å². The molecule has 6 nitrogen and oxygen atoms in total. The van der Waals surface area contributed by atoms with E-state index in [1.165, 1.54) is 12.1 Å². The Hall–Kier alpha value is -3.50. The van der Waals surface area contributed by atoms with Gasteiger partial charge in [-0.25, -0.2) is 4.39 Å². The molecule has 3 rings (SSSR count). The average Bonchev–Trinajstić information content (AvgIpc) is 3.24. The van der Waals surface area contributed by atoms with Gasteiger partial charge in [-0.1, -0.05) is 18.2 Å². The highest BCUT2D eigenvalue weighted by atomic mass is 19.1. The molecular formula is C24H26FN5O. The van der Waals surface area contributed by atoms with Crippen molar-refractivity contribution in [3.8, 4) is 17.3 Å². The summed E-state index contributed by atoms with van der Waals surface area (Å²) in [4.78, 5) is 16.5. The first-order chi connectivity index (χ1) is 15.1. The Labute approximate surface area is 181 Å². The number of nitriles is 1. The van der Waals surface area contributed by atoms with Crippen molar-refractivity contribution in [3.05, 3.63) is 72.2 Å². The predicted octanol–water partition coefficient (Wildman–Crippen LogP) is 4.03. The third kappa shape index (κ3) is 6.49. The van der Waals surface area contributed by atoms with E-state index in [9.17, 15) is 9.18 Å². The Balaban J connectivity index is 1.49. The average molecular weight is 420 g/mol. The number of benzene rings is 2. The Morgan fingerprint density at radius 1 is 1.13 bits per heavy atom. The molecule has 0 unspecified atom stereocenters. The van der Waals surface area contributed by atoms with E-state index in [1.54, 1.807) is 17.0 Å². The number of rotatable bonds is 10. The van der Waals surface area contributed by atoms with Gasteiger partial charge in [-0.15, -0.1) is 0 Å². The highest BCUT2D eigenvalue weighted by Crippen LogP contribution is 2.19. The lowest BCUT2D eigenvalue weighted by molar-refractivity contribution is -0.119. The third-order valence-electron chi connectivity index (χ3n) is 4.98. The smallest absolute Gasteiger partial charge is 0.241 e. The lowest BCUT2D eigenvalue weighted by atomic mass is 10.1. The summed E-state index contributed by atoms with van der Waals surface area (Å²) in [7, 11) is 1.92. The minimum Gasteiger partial charge on any atom is -0.310 e. The Morgan fingerprint density at radius 2 is 1.87 bits per heavy atom. The molecule has 0 saturated heterocycles. The van der Waals surface area contributed by atoms with Crippen LogP contribution in [0.3, 0.4) is 0 Å². The van der Waals surface area contributed by atoms with Crippen molar-refractivity contribution in [1.82, 2.24) is 15.1 Å². The molecule has 0 bridgehead atoms. The first kappa shape index (κ1) is 22.2. The highest BCUT2D eigenvalue weighted by molar-refractivity contribution is 5.94. The minimum atomic E-state index is -0.268. The monoisotopic (exact) mass is 419 g/mol. The second kappa shape index (κ2) is 11.0. The molecular weight excluding hydrogens is 393 g/mol. The molecule has 0 aliphatic rings. The number of nitrogens with one attached hydrogen (secondary N) is 1. The molecule has 1 N–H and O–H groups in total. The largest absolute Gasteiger partial charge is 0.310 e. The number of nitrogens with zero attached hydrogens (tertiary/aromatic N) is 4. The molecule has 0 saturated carbocycles. The van der Waals surface area contributed by atoms with Crippen LogP contribution in [0.2, 0.25) is 0 Å². The molecule has 0 fully saturated rings. The molecule has 0 radical (unpaired) electrons. The van der Waals surface area contributed by atoms with Crippen LogP contribution in [0.4, 0.5) is 10.1 Å². The number of aromatic amines is 1. The summed E-state index contributed by atoms with van der Waals surface area (Å²) in [6, 6.07) is 19.8. The maximum absolute atomic E-state index is 13.1. The molecule has 31 heavy (non-hydrogen) atoms. The van der Waals surface area contributed by atoms with Crippen LogP contribution in [0.25, 0.3) is 11.3 Å². The topological polar surface area (TPSA) is 76.0 Å². The number of hydrogen-bond donors (Lipinski definition) is 1. The van der Waals surface area contributed by atoms with Gasteiger partial charge in [0.15, 0.2) is 0 Å². The van der Waals surface area contributed by atoms with Gasteiger partial charge in [-0.05, 0) is 68.9 Å². The second-order valence-electron chi connectivity index (χ2n) is 7.42. The quantitative estimate of drug-likeness (QED) is 0.538. The zero-order valence-corrected chi connectivity index (χ0v) is 17.6. The van der Waals surface area contributed by atoms with Crippen molar-refractivity contribution in [2.75, 3.05) is 31.6 Å². The van der Waals surface area contributed by atoms with Gasteiger partial charge < -0.3 is 4.90 Å². The molecule has 0 aliphatic heterocycles. The van der Waals surface area contributed by atoms with Gasteiger partial charge in [0.25, 0.3) is 0 Å². The molecule has 7 heteroatoms. The molecule has 1 aromatic heterocycles. The van der Waals surface area contributed by atoms with Crippen molar-refractivity contribution in [3.63, 3.8) is 0 Å². The first-order valence-electron chi connectivity index (χ1n) is 10.3. The number of anilines is 1. The number of para-hydroxylation sites is 1. The van der Waals surface area contributed by atoms with Crippen molar-refractivity contribution >= 4 is 11.6 Å². The summed E-state index contributed by atoms with van der Waals surface area (Å²) in [5.74, 6) is -0.292. The molecule has 3 aromatic rings. The Morgan fingerprint density at radius 3 is 2.58 bits per heavy atom. The normalized spacial score (nSPS) is 10.8. The summed E-state index contributed by atoms with van der Waals surface area (Å²) in [6.07, 6.45) is 1.95. The van der Waals surface area contributed by atoms with Crippen LogP contribution in [-0.4, -0.2) is 47.7 Å². The number of H-pyrrole nitrogens is 1. The van der Waals surface area contributed by atoms with Crippen LogP contribution in [0.1, 0.15) is 18.5 Å². The van der Waals surface area contributed by atoms with Crippen LogP contribution in [-0.2, 0) is 11.2 Å². The Kier molecular flexibility index (Phi) is 7.91. The molecule has 0 atom stereocenters. The molecule has 1 heterocycles. The van der Waals surface area contributed by atoms with E-state index < -0.39 is 0 Å². The van der Waals surface area contributed by atoms with Gasteiger partial charge in [0, 0.05) is 23.5 Å². The fourth-order valence-electron chi connectivity index (χ4n) is 3.36. The minimum absolute atomic E-state index is 0.0240. The van der Waals surface area contributed by atoms with Crippen molar-refractivity contribution < 1.29 is 9.18 Å². The number of carbonyl (C=O) groups is 1. The molecule has 1 amide bonds. The third-order valence-corrected chi connectivity index (χ3v) is 4.98. The zero-order valence-electron chi connectivity index (χ0n) is 17.6. The standard InChI is InChI=1S/C24H26FN5O/c1-29(18-24(31)30(16-6-14-26)22-8-3-2-4-9-22)15-5-7-21-17-23(28-27-21)19-10-12-20(25)13-11-19/h2-4,8-13,17H,5-7,15-16,18H2,1H3,(H,27,28). The summed E-state index contributed by atoms with van der Waals surface area (Å²) in [5.41, 5.74) is 3.46. The fourth-order valence-corrected chi connectivity index (χ4v) is 3.36. The molecule has 0 spiro atoms. The maximum atomic E-state index is 13.1. The van der Waals surface area contributed by atoms with Crippen LogP contribution in [0.15, 0.2) is 60.7 Å². The van der Waals surface area contributed by atoms with E-state index in [0.29, 0.717) is 13.0 Å². The summed E-state index contributed by atoms with van der Waals surface area (Å²) >= 11 is 0. The predicted molar refractivity (Wildman–Crippen MR) is 119 cm³/mol. The van der Waals surface area contributed by atoms with Gasteiger partial charge in [-0.3, -0.25) is 14.8 Å². The Bertz CT molecular complexity index is 1010. The number of halogens is 1. The SMILES string of the molecule is CN(CCCc1cc(-c2ccc(F)cc2)n[nH]1)CC(=O)N(CCC#N)c1ccccc1. The molecule has 2 aromatic carbocycles. The fraction of sp³-hybridized carbons (Fsp3) is 0.292. The van der Waals surface area contributed by atoms with Crippen molar-refractivity contribution in [2.45, 2.75) is 19.3 Å². The van der Waals surface area contributed by atoms with E-state index in [0.717, 1.165) is 42.0 Å². The van der Waals surface area contributed by atoms with Crippen LogP contribution in [0, 0.1) is 17.1 Å². The van der Waals surface area contributed by atoms with E-state index in [1.807, 2.05) is 48.3 Å². The first-order valence-corrected chi connectivity index (χ1v) is 10.3. The number of carbonyl (C=O) groups excluding carboxylic acids is 1. The lowest BCUT2D eigenvalue weighted by Crippen LogP contribution is -2.40. The zero-order chi connectivity index (χ0) is 22.1. The van der Waals surface area contributed by atoms with E-state index in [2.05, 4.69) is 16.3 Å². The van der Waals surface area contributed by atoms with Crippen molar-refractivity contribution in [2.24, 2.45) is 0 Å². The maximum Gasteiger partial charge on any atom is 0.241 e. The van der Waals surface area contributed by atoms with Gasteiger partial charge in [0.1, 0.15) is 5.82 Å². The number of hydrogen-bond acceptors (Lipinski definition) is 4. The number of likely N-dealkylation sites (N-methyl/N-ethyl adjacent to an activating group) is 1. The summed E-state index contributed by atoms with van der Waals surface area (Å²) in [6.45, 7) is 1.41.